The zero-order chi connectivity index (χ0) is 22.3. The zero-order valence-electron chi connectivity index (χ0n) is 19.9. The molecule has 0 saturated heterocycles. The highest BCUT2D eigenvalue weighted by molar-refractivity contribution is 14.1. The lowest BCUT2D eigenvalue weighted by atomic mass is 9.45. The van der Waals surface area contributed by atoms with E-state index in [2.05, 4.69) is 88.5 Å². The molecule has 0 aromatic rings. The summed E-state index contributed by atoms with van der Waals surface area (Å²) in [6, 6.07) is 0. The molecule has 0 amide bonds. The maximum absolute atomic E-state index is 4.77. The fourth-order valence-electron chi connectivity index (χ4n) is 8.38. The summed E-state index contributed by atoms with van der Waals surface area (Å²) in [6.45, 7) is 5.59. The summed E-state index contributed by atoms with van der Waals surface area (Å²) in [5, 5.41) is 0. The Hall–Kier alpha value is 0.310. The third kappa shape index (κ3) is 5.58. The third-order valence-electron chi connectivity index (χ3n) is 9.14. The molecule has 0 radical (unpaired) electrons. The van der Waals surface area contributed by atoms with Gasteiger partial charge in [-0.1, -0.05) is 40.3 Å². The smallest absolute Gasteiger partial charge is 0.0516 e. The Morgan fingerprint density at radius 1 is 1.06 bits per heavy atom. The highest BCUT2D eigenvalue weighted by Gasteiger charge is 2.54. The van der Waals surface area contributed by atoms with Crippen LogP contribution in [0.2, 0.25) is 0 Å². The molecule has 0 spiro atoms. The second-order valence-electron chi connectivity index (χ2n) is 12.0. The van der Waals surface area contributed by atoms with Crippen molar-refractivity contribution in [3.63, 3.8) is 0 Å². The summed E-state index contributed by atoms with van der Waals surface area (Å²) in [5.74, 6) is 4.92. The molecule has 4 saturated carbocycles. The van der Waals surface area contributed by atoms with E-state index in [0.717, 1.165) is 49.1 Å². The molecule has 3 unspecified atom stereocenters. The highest BCUT2D eigenvalue weighted by Crippen LogP contribution is 2.64. The van der Waals surface area contributed by atoms with Crippen molar-refractivity contribution in [3.8, 4) is 0 Å². The van der Waals surface area contributed by atoms with E-state index in [1.54, 1.807) is 44.1 Å². The second kappa shape index (κ2) is 10.1. The average Bonchev–Trinajstić information content (AvgIpc) is 2.69. The largest absolute Gasteiger partial charge is 0.304 e. The number of hydrogen-bond donors (Lipinski definition) is 0. The van der Waals surface area contributed by atoms with E-state index >= 15 is 0 Å². The van der Waals surface area contributed by atoms with Gasteiger partial charge in [-0.15, -0.1) is 0 Å². The molecule has 0 heterocycles. The molecule has 4 bridgehead atoms. The van der Waals surface area contributed by atoms with Gasteiger partial charge in [-0.3, -0.25) is 4.99 Å². The number of hydrogen-bond acceptors (Lipinski definition) is 2. The number of alkyl halides is 1. The van der Waals surface area contributed by atoms with Crippen LogP contribution in [-0.4, -0.2) is 41.7 Å². The van der Waals surface area contributed by atoms with Gasteiger partial charge in [0.15, 0.2) is 0 Å². The molecule has 4 heteroatoms. The summed E-state index contributed by atoms with van der Waals surface area (Å²) in [6.07, 6.45) is 22.7. The quantitative estimate of drug-likeness (QED) is 0.119. The minimum absolute atomic E-state index is 0.608. The van der Waals surface area contributed by atoms with E-state index in [-0.39, 0.29) is 0 Å². The summed E-state index contributed by atoms with van der Waals surface area (Å²) < 4.78 is 1.96. The lowest BCUT2D eigenvalue weighted by Gasteiger charge is -2.60. The van der Waals surface area contributed by atoms with Crippen LogP contribution in [0.1, 0.15) is 64.7 Å². The van der Waals surface area contributed by atoms with Crippen LogP contribution in [0.15, 0.2) is 37.9 Å². The number of halogens is 2. The Labute approximate surface area is 223 Å². The molecule has 176 valence electrons. The van der Waals surface area contributed by atoms with Gasteiger partial charge in [0.25, 0.3) is 0 Å². The maximum atomic E-state index is 4.77. The monoisotopic (exact) mass is 658 g/mol. The van der Waals surface area contributed by atoms with Crippen molar-refractivity contribution in [2.45, 2.75) is 68.6 Å². The van der Waals surface area contributed by atoms with Gasteiger partial charge >= 0.3 is 0 Å². The van der Waals surface area contributed by atoms with Crippen molar-refractivity contribution in [2.24, 2.45) is 40.0 Å². The predicted molar refractivity (Wildman–Crippen MR) is 154 cm³/mol. The predicted octanol–water partition coefficient (Wildman–Crippen LogP) is 7.63. The fourth-order valence-corrected chi connectivity index (χ4v) is 10.8. The van der Waals surface area contributed by atoms with Crippen molar-refractivity contribution < 1.29 is 0 Å². The third-order valence-corrected chi connectivity index (χ3v) is 10.6. The van der Waals surface area contributed by atoms with Crippen LogP contribution in [-0.2, 0) is 0 Å². The first-order valence-corrected chi connectivity index (χ1v) is 15.3. The topological polar surface area (TPSA) is 15.6 Å². The molecule has 3 atom stereocenters. The molecule has 2 nitrogen and oxygen atoms in total. The van der Waals surface area contributed by atoms with Gasteiger partial charge in [0, 0.05) is 26.8 Å². The van der Waals surface area contributed by atoms with E-state index < -0.39 is 0 Å². The van der Waals surface area contributed by atoms with Gasteiger partial charge in [-0.2, -0.15) is 0 Å². The molecule has 0 aromatic carbocycles. The number of allylic oxidation sites excluding steroid dienone is 5. The number of nitrogens with zero attached hydrogens (tertiary/aromatic N) is 2. The van der Waals surface area contributed by atoms with Crippen LogP contribution < -0.4 is 0 Å². The van der Waals surface area contributed by atoms with Crippen LogP contribution >= 0.6 is 45.2 Å². The molecule has 4 fully saturated rings. The van der Waals surface area contributed by atoms with Crippen molar-refractivity contribution >= 4 is 51.4 Å². The van der Waals surface area contributed by atoms with Crippen molar-refractivity contribution in [1.82, 2.24) is 4.90 Å². The minimum atomic E-state index is 0.608. The van der Waals surface area contributed by atoms with Crippen LogP contribution in [0, 0.1) is 35.0 Å². The van der Waals surface area contributed by atoms with E-state index in [1.807, 2.05) is 0 Å². The fraction of sp³-hybridized carbons (Fsp3) is 0.750. The normalized spacial score (nSPS) is 41.2. The Kier molecular flexibility index (Phi) is 7.60. The minimum Gasteiger partial charge on any atom is -0.304 e. The van der Waals surface area contributed by atoms with Crippen molar-refractivity contribution in [3.05, 3.63) is 33.0 Å². The van der Waals surface area contributed by atoms with Crippen molar-refractivity contribution in [2.75, 3.05) is 26.7 Å². The van der Waals surface area contributed by atoms with Gasteiger partial charge in [0.1, 0.15) is 0 Å². The number of rotatable bonds is 7. The molecule has 0 aliphatic heterocycles. The van der Waals surface area contributed by atoms with Crippen molar-refractivity contribution in [1.29, 1.82) is 0 Å². The SMILES string of the molecule is CC1=CC(CN(C)CC/N=C/C2=CC(I)=CC(I)C2)CC(C23CC4CC(CC(C4)C2)C3)C1. The summed E-state index contributed by atoms with van der Waals surface area (Å²) >= 11 is 4.95. The van der Waals surface area contributed by atoms with Gasteiger partial charge in [-0.25, -0.2) is 0 Å². The highest BCUT2D eigenvalue weighted by atomic mass is 127. The lowest BCUT2D eigenvalue weighted by Crippen LogP contribution is -2.50. The van der Waals surface area contributed by atoms with Gasteiger partial charge in [0.2, 0.25) is 0 Å². The molecule has 32 heavy (non-hydrogen) atoms. The summed E-state index contributed by atoms with van der Waals surface area (Å²) in [4.78, 5) is 7.31. The number of aliphatic imine (C=N–C) groups is 1. The van der Waals surface area contributed by atoms with Gasteiger partial charge in [0.05, 0.1) is 6.54 Å². The standard InChI is InChI=1S/C28H40I2N2/c1-19-5-24(18-32(2)4-3-31-17-23-11-26(29)13-27(30)12-23)10-25(6-19)28-14-20-7-21(15-28)9-22(8-20)16-28/h5,11,13,17,20-22,24-25,27H,3-4,6-10,12,14-16,18H2,1-2H3/b31-17+. The first kappa shape index (κ1) is 24.0. The molecule has 6 rings (SSSR count). The van der Waals surface area contributed by atoms with E-state index in [4.69, 9.17) is 4.99 Å². The summed E-state index contributed by atoms with van der Waals surface area (Å²) in [7, 11) is 2.31. The van der Waals surface area contributed by atoms with E-state index in [1.165, 1.54) is 28.5 Å². The molecular formula is C28H40I2N2. The molecule has 0 aromatic heterocycles. The average molecular weight is 658 g/mol. The molecular weight excluding hydrogens is 618 g/mol. The lowest BCUT2D eigenvalue weighted by molar-refractivity contribution is -0.0928. The van der Waals surface area contributed by atoms with E-state index in [0.29, 0.717) is 9.34 Å². The van der Waals surface area contributed by atoms with Crippen LogP contribution in [0.5, 0.6) is 0 Å². The molecule has 0 N–H and O–H groups in total. The van der Waals surface area contributed by atoms with E-state index in [9.17, 15) is 0 Å². The Balaban J connectivity index is 1.13. The zero-order valence-corrected chi connectivity index (χ0v) is 24.2. The Morgan fingerprint density at radius 3 is 2.41 bits per heavy atom. The molecule has 6 aliphatic carbocycles. The Morgan fingerprint density at radius 2 is 1.75 bits per heavy atom. The van der Waals surface area contributed by atoms with Crippen LogP contribution in [0.3, 0.4) is 0 Å². The maximum Gasteiger partial charge on any atom is 0.0516 e. The molecule has 6 aliphatic rings. The van der Waals surface area contributed by atoms with Crippen LogP contribution in [0.4, 0.5) is 0 Å². The first-order chi connectivity index (χ1) is 15.4. The van der Waals surface area contributed by atoms with Gasteiger partial charge in [-0.05, 0) is 141 Å². The first-order valence-electron chi connectivity index (χ1n) is 12.9. The van der Waals surface area contributed by atoms with Gasteiger partial charge < -0.3 is 4.90 Å². The Bertz CT molecular complexity index is 788. The summed E-state index contributed by atoms with van der Waals surface area (Å²) in [5.41, 5.74) is 3.76. The second-order valence-corrected chi connectivity index (χ2v) is 14.8. The number of likely N-dealkylation sites (N-methyl/N-ethyl adjacent to an activating group) is 1. The van der Waals surface area contributed by atoms with Crippen LogP contribution in [0.25, 0.3) is 0 Å².